The molecule has 0 saturated carbocycles. The summed E-state index contributed by atoms with van der Waals surface area (Å²) in [6.07, 6.45) is 0. The van der Waals surface area contributed by atoms with Gasteiger partial charge in [0.05, 0.1) is 11.4 Å². The predicted octanol–water partition coefficient (Wildman–Crippen LogP) is 2.79. The topological polar surface area (TPSA) is 59.5 Å². The fraction of sp³-hybridized carbons (Fsp3) is 0.0833. The van der Waals surface area contributed by atoms with Gasteiger partial charge in [0.15, 0.2) is 11.0 Å². The quantitative estimate of drug-likeness (QED) is 0.834. The Bertz CT molecular complexity index is 551. The van der Waals surface area contributed by atoms with Crippen molar-refractivity contribution in [1.29, 1.82) is 0 Å². The molecule has 0 saturated heterocycles. The van der Waals surface area contributed by atoms with Crippen LogP contribution >= 0.6 is 11.6 Å². The van der Waals surface area contributed by atoms with Crippen LogP contribution in [0.1, 0.15) is 10.6 Å². The average molecular weight is 251 g/mol. The van der Waals surface area contributed by atoms with Crippen molar-refractivity contribution >= 4 is 28.9 Å². The van der Waals surface area contributed by atoms with Crippen molar-refractivity contribution < 1.29 is 9.21 Å². The van der Waals surface area contributed by atoms with Gasteiger partial charge in [0.1, 0.15) is 0 Å². The smallest absolute Gasteiger partial charge is 0.293 e. The van der Waals surface area contributed by atoms with Crippen molar-refractivity contribution in [3.05, 3.63) is 47.4 Å². The number of carbonyl (C=O) groups is 1. The first-order valence-corrected chi connectivity index (χ1v) is 5.35. The normalized spacial score (nSPS) is 10.2. The molecule has 1 heterocycles. The van der Waals surface area contributed by atoms with Crippen LogP contribution in [0.25, 0.3) is 0 Å². The van der Waals surface area contributed by atoms with E-state index in [2.05, 4.69) is 0 Å². The van der Waals surface area contributed by atoms with Crippen molar-refractivity contribution in [3.63, 3.8) is 0 Å². The average Bonchev–Trinajstić information content (AvgIpc) is 2.75. The first-order chi connectivity index (χ1) is 8.09. The number of amides is 1. The molecule has 4 nitrogen and oxygen atoms in total. The van der Waals surface area contributed by atoms with E-state index in [1.54, 1.807) is 25.2 Å². The van der Waals surface area contributed by atoms with E-state index in [0.717, 1.165) is 0 Å². The molecule has 1 amide bonds. The van der Waals surface area contributed by atoms with Gasteiger partial charge >= 0.3 is 0 Å². The van der Waals surface area contributed by atoms with E-state index in [1.165, 1.54) is 17.0 Å². The molecule has 0 bridgehead atoms. The second-order valence-electron chi connectivity index (χ2n) is 3.53. The molecule has 88 valence electrons. The predicted molar refractivity (Wildman–Crippen MR) is 67.3 cm³/mol. The number of rotatable bonds is 2. The van der Waals surface area contributed by atoms with Gasteiger partial charge in [-0.15, -0.1) is 0 Å². The van der Waals surface area contributed by atoms with E-state index < -0.39 is 0 Å². The Morgan fingerprint density at radius 3 is 2.59 bits per heavy atom. The maximum absolute atomic E-state index is 12.0. The van der Waals surface area contributed by atoms with Crippen LogP contribution in [-0.4, -0.2) is 13.0 Å². The Kier molecular flexibility index (Phi) is 3.06. The van der Waals surface area contributed by atoms with Gasteiger partial charge in [-0.3, -0.25) is 4.79 Å². The van der Waals surface area contributed by atoms with Gasteiger partial charge in [0.25, 0.3) is 5.91 Å². The van der Waals surface area contributed by atoms with Gasteiger partial charge in [0, 0.05) is 7.05 Å². The van der Waals surface area contributed by atoms with Crippen LogP contribution in [0.15, 0.2) is 40.8 Å². The second-order valence-corrected chi connectivity index (χ2v) is 3.90. The van der Waals surface area contributed by atoms with E-state index in [-0.39, 0.29) is 16.9 Å². The van der Waals surface area contributed by atoms with Gasteiger partial charge in [-0.1, -0.05) is 12.1 Å². The molecule has 0 unspecified atom stereocenters. The lowest BCUT2D eigenvalue weighted by atomic mass is 10.2. The monoisotopic (exact) mass is 250 g/mol. The van der Waals surface area contributed by atoms with Crippen LogP contribution < -0.4 is 10.6 Å². The van der Waals surface area contributed by atoms with Crippen LogP contribution in [0.4, 0.5) is 11.4 Å². The number of hydrogen-bond donors (Lipinski definition) is 1. The lowest BCUT2D eigenvalue weighted by Crippen LogP contribution is -2.26. The van der Waals surface area contributed by atoms with Crippen molar-refractivity contribution in [2.45, 2.75) is 0 Å². The molecule has 1 aromatic heterocycles. The number of carbonyl (C=O) groups excluding carboxylic acids is 1. The minimum Gasteiger partial charge on any atom is -0.440 e. The van der Waals surface area contributed by atoms with Crippen LogP contribution in [0.2, 0.25) is 5.22 Å². The molecule has 0 spiro atoms. The third-order valence-corrected chi connectivity index (χ3v) is 2.59. The second kappa shape index (κ2) is 4.51. The summed E-state index contributed by atoms with van der Waals surface area (Å²) < 4.78 is 5.06. The number of nitrogens with zero attached hydrogens (tertiary/aromatic N) is 1. The Morgan fingerprint density at radius 1 is 1.29 bits per heavy atom. The molecule has 17 heavy (non-hydrogen) atoms. The van der Waals surface area contributed by atoms with Crippen molar-refractivity contribution in [2.75, 3.05) is 17.7 Å². The lowest BCUT2D eigenvalue weighted by molar-refractivity contribution is 0.0966. The highest BCUT2D eigenvalue weighted by Crippen LogP contribution is 2.23. The summed E-state index contributed by atoms with van der Waals surface area (Å²) in [5.41, 5.74) is 6.95. The molecular weight excluding hydrogens is 240 g/mol. The lowest BCUT2D eigenvalue weighted by Gasteiger charge is -2.17. The summed E-state index contributed by atoms with van der Waals surface area (Å²) in [6, 6.07) is 10.2. The molecule has 0 atom stereocenters. The number of para-hydroxylation sites is 2. The Hall–Kier alpha value is -1.94. The molecule has 2 N–H and O–H groups in total. The van der Waals surface area contributed by atoms with Gasteiger partial charge in [-0.25, -0.2) is 0 Å². The molecule has 0 aliphatic rings. The molecule has 0 aliphatic carbocycles. The highest BCUT2D eigenvalue weighted by Gasteiger charge is 2.18. The zero-order valence-corrected chi connectivity index (χ0v) is 9.94. The van der Waals surface area contributed by atoms with Crippen molar-refractivity contribution in [1.82, 2.24) is 0 Å². The summed E-state index contributed by atoms with van der Waals surface area (Å²) in [5, 5.41) is 0.183. The van der Waals surface area contributed by atoms with E-state index in [0.29, 0.717) is 11.4 Å². The van der Waals surface area contributed by atoms with Gasteiger partial charge in [-0.05, 0) is 35.9 Å². The molecular formula is C12H11ClN2O2. The van der Waals surface area contributed by atoms with Crippen LogP contribution in [0, 0.1) is 0 Å². The van der Waals surface area contributed by atoms with Gasteiger partial charge in [-0.2, -0.15) is 0 Å². The van der Waals surface area contributed by atoms with Gasteiger partial charge < -0.3 is 15.1 Å². The highest BCUT2D eigenvalue weighted by molar-refractivity contribution is 6.29. The first kappa shape index (κ1) is 11.5. The zero-order valence-electron chi connectivity index (χ0n) is 9.18. The number of hydrogen-bond acceptors (Lipinski definition) is 3. The Labute approximate surface area is 104 Å². The molecule has 5 heteroatoms. The molecule has 2 rings (SSSR count). The molecule has 1 aromatic carbocycles. The SMILES string of the molecule is CN(C(=O)c1ccc(Cl)o1)c1ccccc1N. The first-order valence-electron chi connectivity index (χ1n) is 4.97. The summed E-state index contributed by atoms with van der Waals surface area (Å²) >= 11 is 5.62. The van der Waals surface area contributed by atoms with Gasteiger partial charge in [0.2, 0.25) is 0 Å². The molecule has 0 aliphatic heterocycles. The number of nitrogens with two attached hydrogens (primary N) is 1. The number of furan rings is 1. The van der Waals surface area contributed by atoms with E-state index in [1.807, 2.05) is 6.07 Å². The maximum atomic E-state index is 12.0. The fourth-order valence-corrected chi connectivity index (χ4v) is 1.64. The maximum Gasteiger partial charge on any atom is 0.293 e. The molecule has 0 fully saturated rings. The third kappa shape index (κ3) is 2.26. The summed E-state index contributed by atoms with van der Waals surface area (Å²) in [6.45, 7) is 0. The number of anilines is 2. The number of benzene rings is 1. The molecule has 2 aromatic rings. The standard InChI is InChI=1S/C12H11ClN2O2/c1-15(9-5-3-2-4-8(9)14)12(16)10-6-7-11(13)17-10/h2-7H,14H2,1H3. The zero-order chi connectivity index (χ0) is 12.4. The summed E-state index contributed by atoms with van der Waals surface area (Å²) in [5.74, 6) is -0.115. The Morgan fingerprint density at radius 2 is 2.00 bits per heavy atom. The minimum absolute atomic E-state index is 0.181. The highest BCUT2D eigenvalue weighted by atomic mass is 35.5. The largest absolute Gasteiger partial charge is 0.440 e. The number of nitrogen functional groups attached to an aromatic ring is 1. The summed E-state index contributed by atoms with van der Waals surface area (Å²) in [4.78, 5) is 13.4. The fourth-order valence-electron chi connectivity index (χ4n) is 1.50. The minimum atomic E-state index is -0.296. The van der Waals surface area contributed by atoms with Crippen molar-refractivity contribution in [3.8, 4) is 0 Å². The number of halogens is 1. The summed E-state index contributed by atoms with van der Waals surface area (Å²) in [7, 11) is 1.63. The van der Waals surface area contributed by atoms with Crippen molar-refractivity contribution in [2.24, 2.45) is 0 Å². The van der Waals surface area contributed by atoms with Crippen LogP contribution in [0.5, 0.6) is 0 Å². The van der Waals surface area contributed by atoms with E-state index in [4.69, 9.17) is 21.8 Å². The third-order valence-electron chi connectivity index (χ3n) is 2.39. The van der Waals surface area contributed by atoms with Crippen LogP contribution in [-0.2, 0) is 0 Å². The molecule has 0 radical (unpaired) electrons. The Balaban J connectivity index is 2.29. The van der Waals surface area contributed by atoms with Crippen LogP contribution in [0.3, 0.4) is 0 Å². The van der Waals surface area contributed by atoms with E-state index in [9.17, 15) is 4.79 Å². The van der Waals surface area contributed by atoms with E-state index >= 15 is 0 Å².